The van der Waals surface area contributed by atoms with Gasteiger partial charge in [-0.05, 0) is 36.5 Å². The highest BCUT2D eigenvalue weighted by molar-refractivity contribution is 5.92. The summed E-state index contributed by atoms with van der Waals surface area (Å²) in [7, 11) is 1.79. The number of ether oxygens (including phenoxy) is 1. The van der Waals surface area contributed by atoms with Crippen LogP contribution in [0, 0.1) is 11.8 Å². The van der Waals surface area contributed by atoms with Crippen molar-refractivity contribution in [3.05, 3.63) is 42.2 Å². The third-order valence-electron chi connectivity index (χ3n) is 6.56. The van der Waals surface area contributed by atoms with Gasteiger partial charge in [0.25, 0.3) is 0 Å². The monoisotopic (exact) mass is 353 g/mol. The number of hydrogen-bond donors (Lipinski definition) is 0. The number of piperidine rings is 1. The van der Waals surface area contributed by atoms with Gasteiger partial charge in [-0.2, -0.15) is 0 Å². The van der Waals surface area contributed by atoms with Crippen molar-refractivity contribution in [3.63, 3.8) is 0 Å². The molecule has 4 aliphatic rings. The molecule has 0 saturated carbocycles. The van der Waals surface area contributed by atoms with E-state index >= 15 is 0 Å². The largest absolute Gasteiger partial charge is 0.360 e. The molecule has 0 aliphatic carbocycles. The molecule has 0 aromatic carbocycles. The van der Waals surface area contributed by atoms with Crippen LogP contribution in [0.1, 0.15) is 24.3 Å². The molecular weight excluding hydrogens is 330 g/mol. The molecule has 0 radical (unpaired) electrons. The molecule has 2 bridgehead atoms. The molecule has 3 saturated heterocycles. The van der Waals surface area contributed by atoms with Crippen LogP contribution in [0.2, 0.25) is 0 Å². The number of carbonyl (C=O) groups excluding carboxylic acids is 2. The second kappa shape index (κ2) is 5.64. The lowest BCUT2D eigenvalue weighted by atomic mass is 9.76. The van der Waals surface area contributed by atoms with Crippen LogP contribution in [0.3, 0.4) is 0 Å². The Labute approximate surface area is 152 Å². The van der Waals surface area contributed by atoms with Crippen molar-refractivity contribution in [1.82, 2.24) is 14.8 Å². The Morgan fingerprint density at radius 1 is 1.27 bits per heavy atom. The van der Waals surface area contributed by atoms with Gasteiger partial charge in [-0.25, -0.2) is 0 Å². The maximum absolute atomic E-state index is 13.3. The highest BCUT2D eigenvalue weighted by Crippen LogP contribution is 2.52. The van der Waals surface area contributed by atoms with Gasteiger partial charge in [-0.15, -0.1) is 0 Å². The molecule has 1 spiro atoms. The summed E-state index contributed by atoms with van der Waals surface area (Å²) < 4.78 is 6.11. The van der Waals surface area contributed by atoms with Gasteiger partial charge < -0.3 is 14.5 Å². The summed E-state index contributed by atoms with van der Waals surface area (Å²) >= 11 is 0. The minimum atomic E-state index is -0.577. The molecule has 4 atom stereocenters. The standard InChI is InChI=1S/C20H23N3O3/c1-22-12-20-7-2-15(26-20)16(17(20)19(22)25)18(24)23-10-5-14(6-11-23)13-3-8-21-9-4-13/h2-4,7-9,14-17H,5-6,10-12H2,1H3/t15-,16+,17-,20+/m1/s1. The normalized spacial score (nSPS) is 36.0. The number of likely N-dealkylation sites (tertiary alicyclic amines) is 2. The molecule has 6 heteroatoms. The molecule has 136 valence electrons. The Hall–Kier alpha value is -2.21. The Kier molecular flexibility index (Phi) is 3.47. The molecule has 1 aromatic rings. The molecule has 5 rings (SSSR count). The van der Waals surface area contributed by atoms with E-state index in [1.165, 1.54) is 5.56 Å². The maximum atomic E-state index is 13.3. The van der Waals surface area contributed by atoms with Crippen molar-refractivity contribution in [2.75, 3.05) is 26.7 Å². The molecule has 6 nitrogen and oxygen atoms in total. The summed E-state index contributed by atoms with van der Waals surface area (Å²) in [5.74, 6) is -0.114. The first kappa shape index (κ1) is 16.0. The van der Waals surface area contributed by atoms with E-state index in [0.29, 0.717) is 12.5 Å². The van der Waals surface area contributed by atoms with Gasteiger partial charge in [0, 0.05) is 32.5 Å². The van der Waals surface area contributed by atoms with Crippen LogP contribution < -0.4 is 0 Å². The van der Waals surface area contributed by atoms with Crippen molar-refractivity contribution in [1.29, 1.82) is 0 Å². The average Bonchev–Trinajstić information content (AvgIpc) is 3.30. The number of nitrogens with zero attached hydrogens (tertiary/aromatic N) is 3. The van der Waals surface area contributed by atoms with Crippen LogP contribution in [0.4, 0.5) is 0 Å². The van der Waals surface area contributed by atoms with Crippen molar-refractivity contribution in [2.45, 2.75) is 30.5 Å². The van der Waals surface area contributed by atoms with Crippen LogP contribution in [0.25, 0.3) is 0 Å². The van der Waals surface area contributed by atoms with E-state index in [2.05, 4.69) is 17.1 Å². The van der Waals surface area contributed by atoms with E-state index in [1.807, 2.05) is 29.4 Å². The zero-order valence-corrected chi connectivity index (χ0v) is 14.9. The van der Waals surface area contributed by atoms with Crippen LogP contribution in [-0.2, 0) is 14.3 Å². The zero-order valence-electron chi connectivity index (χ0n) is 14.9. The summed E-state index contributed by atoms with van der Waals surface area (Å²) in [4.78, 5) is 33.6. The zero-order chi connectivity index (χ0) is 17.9. The number of rotatable bonds is 2. The van der Waals surface area contributed by atoms with Crippen molar-refractivity contribution in [3.8, 4) is 0 Å². The molecule has 4 aliphatic heterocycles. The Bertz CT molecular complexity index is 772. The quantitative estimate of drug-likeness (QED) is 0.750. The summed E-state index contributed by atoms with van der Waals surface area (Å²) in [6, 6.07) is 4.13. The lowest BCUT2D eigenvalue weighted by Crippen LogP contribution is -2.48. The highest BCUT2D eigenvalue weighted by Gasteiger charge is 2.66. The topological polar surface area (TPSA) is 62.7 Å². The van der Waals surface area contributed by atoms with E-state index in [4.69, 9.17) is 4.74 Å². The first-order valence-corrected chi connectivity index (χ1v) is 9.40. The van der Waals surface area contributed by atoms with Crippen molar-refractivity contribution < 1.29 is 14.3 Å². The summed E-state index contributed by atoms with van der Waals surface area (Å²) in [5, 5.41) is 0. The number of carbonyl (C=O) groups is 2. The predicted molar refractivity (Wildman–Crippen MR) is 94.2 cm³/mol. The van der Waals surface area contributed by atoms with E-state index < -0.39 is 5.60 Å². The van der Waals surface area contributed by atoms with Gasteiger partial charge in [0.15, 0.2) is 0 Å². The number of aromatic nitrogens is 1. The fourth-order valence-corrected chi connectivity index (χ4v) is 5.25. The fourth-order valence-electron chi connectivity index (χ4n) is 5.25. The number of fused-ring (bicyclic) bond motifs is 1. The van der Waals surface area contributed by atoms with Crippen LogP contribution in [0.5, 0.6) is 0 Å². The van der Waals surface area contributed by atoms with Crippen molar-refractivity contribution in [2.24, 2.45) is 11.8 Å². The van der Waals surface area contributed by atoms with Gasteiger partial charge in [-0.3, -0.25) is 14.6 Å². The summed E-state index contributed by atoms with van der Waals surface area (Å²) in [5.41, 5.74) is 0.719. The average molecular weight is 353 g/mol. The maximum Gasteiger partial charge on any atom is 0.229 e. The molecule has 2 amide bonds. The van der Waals surface area contributed by atoms with Gasteiger partial charge in [0.05, 0.1) is 24.5 Å². The molecule has 3 fully saturated rings. The predicted octanol–water partition coefficient (Wildman–Crippen LogP) is 1.20. The van der Waals surface area contributed by atoms with E-state index in [1.54, 1.807) is 11.9 Å². The summed E-state index contributed by atoms with van der Waals surface area (Å²) in [6.07, 6.45) is 9.29. The molecule has 5 heterocycles. The first-order chi connectivity index (χ1) is 12.6. The molecule has 26 heavy (non-hydrogen) atoms. The minimum absolute atomic E-state index is 0.0434. The highest BCUT2D eigenvalue weighted by atomic mass is 16.5. The summed E-state index contributed by atoms with van der Waals surface area (Å²) in [6.45, 7) is 2.03. The van der Waals surface area contributed by atoms with E-state index in [-0.39, 0.29) is 29.8 Å². The van der Waals surface area contributed by atoms with Crippen LogP contribution >= 0.6 is 0 Å². The lowest BCUT2D eigenvalue weighted by molar-refractivity contribution is -0.143. The minimum Gasteiger partial charge on any atom is -0.360 e. The number of amides is 2. The van der Waals surface area contributed by atoms with Gasteiger partial charge >= 0.3 is 0 Å². The van der Waals surface area contributed by atoms with Crippen LogP contribution in [-0.4, -0.2) is 65.0 Å². The Morgan fingerprint density at radius 2 is 2.00 bits per heavy atom. The Morgan fingerprint density at radius 3 is 2.73 bits per heavy atom. The van der Waals surface area contributed by atoms with Crippen molar-refractivity contribution >= 4 is 11.8 Å². The molecular formula is C20H23N3O3. The molecule has 0 unspecified atom stereocenters. The smallest absolute Gasteiger partial charge is 0.229 e. The van der Waals surface area contributed by atoms with Gasteiger partial charge in [0.1, 0.15) is 5.60 Å². The SMILES string of the molecule is CN1C[C@]23C=C[C@@H](O2)[C@H](C(=O)N2CCC(c4ccncc4)CC2)[C@@H]3C1=O. The van der Waals surface area contributed by atoms with Gasteiger partial charge in [-0.1, -0.05) is 12.2 Å². The number of likely N-dealkylation sites (N-methyl/N-ethyl adjacent to an activating group) is 1. The number of pyridine rings is 1. The Balaban J connectivity index is 1.31. The molecule has 0 N–H and O–H groups in total. The lowest BCUT2D eigenvalue weighted by Gasteiger charge is -2.35. The molecule has 1 aromatic heterocycles. The second-order valence-electron chi connectivity index (χ2n) is 7.97. The first-order valence-electron chi connectivity index (χ1n) is 9.40. The van der Waals surface area contributed by atoms with Gasteiger partial charge in [0.2, 0.25) is 11.8 Å². The van der Waals surface area contributed by atoms with E-state index in [9.17, 15) is 9.59 Å². The van der Waals surface area contributed by atoms with E-state index in [0.717, 1.165) is 25.9 Å². The number of hydrogen-bond acceptors (Lipinski definition) is 4. The fraction of sp³-hybridized carbons (Fsp3) is 0.550. The third-order valence-corrected chi connectivity index (χ3v) is 6.56. The third kappa shape index (κ3) is 2.18. The van der Waals surface area contributed by atoms with Crippen LogP contribution in [0.15, 0.2) is 36.7 Å². The second-order valence-corrected chi connectivity index (χ2v) is 7.97.